The number of methoxy groups -OCH3 is 1. The summed E-state index contributed by atoms with van der Waals surface area (Å²) in [6.45, 7) is 2.67. The number of benzene rings is 1. The van der Waals surface area contributed by atoms with Gasteiger partial charge in [0.1, 0.15) is 5.75 Å². The van der Waals surface area contributed by atoms with Crippen LogP contribution in [-0.2, 0) is 4.74 Å². The van der Waals surface area contributed by atoms with Crippen LogP contribution in [0.25, 0.3) is 0 Å². The lowest BCUT2D eigenvalue weighted by Crippen LogP contribution is -2.58. The molecule has 2 aliphatic carbocycles. The van der Waals surface area contributed by atoms with Gasteiger partial charge in [0, 0.05) is 18.5 Å². The fourth-order valence-electron chi connectivity index (χ4n) is 5.01. The van der Waals surface area contributed by atoms with E-state index in [9.17, 15) is 0 Å². The van der Waals surface area contributed by atoms with Crippen molar-refractivity contribution in [2.45, 2.75) is 44.1 Å². The lowest BCUT2D eigenvalue weighted by atomic mass is 9.53. The number of hydrogen-bond acceptors (Lipinski definition) is 3. The van der Waals surface area contributed by atoms with Crippen LogP contribution in [0.4, 0.5) is 0 Å². The van der Waals surface area contributed by atoms with Crippen molar-refractivity contribution < 1.29 is 9.47 Å². The third kappa shape index (κ3) is 3.12. The van der Waals surface area contributed by atoms with Crippen molar-refractivity contribution >= 4 is 0 Å². The van der Waals surface area contributed by atoms with Gasteiger partial charge in [-0.15, -0.1) is 0 Å². The van der Waals surface area contributed by atoms with Gasteiger partial charge in [-0.2, -0.15) is 0 Å². The van der Waals surface area contributed by atoms with Crippen molar-refractivity contribution in [3.63, 3.8) is 0 Å². The average molecular weight is 327 g/mol. The molecule has 4 atom stereocenters. The summed E-state index contributed by atoms with van der Waals surface area (Å²) in [6.07, 6.45) is 9.02. The van der Waals surface area contributed by atoms with Crippen molar-refractivity contribution in [1.82, 2.24) is 5.32 Å². The number of ether oxygens (including phenoxy) is 2. The molecule has 0 saturated heterocycles. The van der Waals surface area contributed by atoms with E-state index >= 15 is 0 Å². The van der Waals surface area contributed by atoms with Gasteiger partial charge in [-0.25, -0.2) is 0 Å². The minimum Gasteiger partial charge on any atom is -0.497 e. The van der Waals surface area contributed by atoms with Gasteiger partial charge in [0.25, 0.3) is 0 Å². The fraction of sp³-hybridized carbons (Fsp3) is 0.619. The molecule has 3 aliphatic rings. The Labute approximate surface area is 145 Å². The molecule has 1 N–H and O–H groups in total. The van der Waals surface area contributed by atoms with E-state index < -0.39 is 0 Å². The predicted octanol–water partition coefficient (Wildman–Crippen LogP) is 3.90. The van der Waals surface area contributed by atoms with Gasteiger partial charge in [0.15, 0.2) is 0 Å². The number of fused-ring (bicyclic) bond motifs is 1. The fourth-order valence-corrected chi connectivity index (χ4v) is 5.01. The van der Waals surface area contributed by atoms with Crippen LogP contribution < -0.4 is 10.1 Å². The lowest BCUT2D eigenvalue weighted by Gasteiger charge is -2.55. The minimum absolute atomic E-state index is 0.617. The van der Waals surface area contributed by atoms with Crippen LogP contribution in [0.1, 0.15) is 43.6 Å². The second kappa shape index (κ2) is 7.28. The SMILES string of the molecule is COc1ccc([C@H]2[C@@H]3CCCC[C@H]3[C@@H]2NCC2=CCCOC2)cc1. The van der Waals surface area contributed by atoms with Crippen molar-refractivity contribution in [1.29, 1.82) is 0 Å². The molecule has 1 heterocycles. The van der Waals surface area contributed by atoms with Crippen LogP contribution in [0.15, 0.2) is 35.9 Å². The van der Waals surface area contributed by atoms with E-state index in [0.717, 1.165) is 43.8 Å². The highest BCUT2D eigenvalue weighted by Gasteiger charge is 2.50. The van der Waals surface area contributed by atoms with Gasteiger partial charge in [0.2, 0.25) is 0 Å². The molecule has 0 bridgehead atoms. The Morgan fingerprint density at radius 1 is 1.12 bits per heavy atom. The second-order valence-corrected chi connectivity index (χ2v) is 7.52. The summed E-state index contributed by atoms with van der Waals surface area (Å²) >= 11 is 0. The Morgan fingerprint density at radius 2 is 1.92 bits per heavy atom. The largest absolute Gasteiger partial charge is 0.497 e. The molecule has 1 aromatic carbocycles. The monoisotopic (exact) mass is 327 g/mol. The standard InChI is InChI=1S/C21H29NO2/c1-23-17-10-8-16(9-11-17)20-18-6-2-3-7-19(18)21(20)22-13-15-5-4-12-24-14-15/h5,8-11,18-22H,2-4,6-7,12-14H2,1H3/t18-,19-,20+,21+/m1/s1. The van der Waals surface area contributed by atoms with Gasteiger partial charge in [-0.3, -0.25) is 0 Å². The zero-order chi connectivity index (χ0) is 16.4. The highest BCUT2D eigenvalue weighted by atomic mass is 16.5. The third-order valence-corrected chi connectivity index (χ3v) is 6.23. The molecule has 24 heavy (non-hydrogen) atoms. The summed E-state index contributed by atoms with van der Waals surface area (Å²) in [6, 6.07) is 9.38. The molecule has 130 valence electrons. The average Bonchev–Trinajstić information content (AvgIpc) is 2.64. The number of hydrogen-bond donors (Lipinski definition) is 1. The van der Waals surface area contributed by atoms with Crippen LogP contribution in [-0.4, -0.2) is 32.9 Å². The zero-order valence-electron chi connectivity index (χ0n) is 14.7. The quantitative estimate of drug-likeness (QED) is 0.832. The Morgan fingerprint density at radius 3 is 2.62 bits per heavy atom. The molecule has 3 nitrogen and oxygen atoms in total. The molecule has 0 aromatic heterocycles. The van der Waals surface area contributed by atoms with Crippen molar-refractivity contribution in [3.05, 3.63) is 41.5 Å². The number of nitrogens with one attached hydrogen (secondary N) is 1. The summed E-state index contributed by atoms with van der Waals surface area (Å²) in [5.74, 6) is 3.33. The summed E-state index contributed by atoms with van der Waals surface area (Å²) < 4.78 is 10.9. The lowest BCUT2D eigenvalue weighted by molar-refractivity contribution is 0.0271. The first-order valence-corrected chi connectivity index (χ1v) is 9.50. The van der Waals surface area contributed by atoms with Gasteiger partial charge in [-0.05, 0) is 54.4 Å². The van der Waals surface area contributed by atoms with Crippen molar-refractivity contribution in [2.24, 2.45) is 11.8 Å². The Kier molecular flexibility index (Phi) is 4.91. The summed E-state index contributed by atoms with van der Waals surface area (Å²) in [4.78, 5) is 0. The van der Waals surface area contributed by atoms with E-state index in [1.807, 2.05) is 0 Å². The maximum atomic E-state index is 5.59. The molecular weight excluding hydrogens is 298 g/mol. The minimum atomic E-state index is 0.617. The first-order valence-electron chi connectivity index (χ1n) is 9.50. The second-order valence-electron chi connectivity index (χ2n) is 7.52. The van der Waals surface area contributed by atoms with Gasteiger partial charge < -0.3 is 14.8 Å². The van der Waals surface area contributed by atoms with Gasteiger partial charge in [-0.1, -0.05) is 31.1 Å². The van der Waals surface area contributed by atoms with Crippen LogP contribution in [0.2, 0.25) is 0 Å². The maximum Gasteiger partial charge on any atom is 0.118 e. The van der Waals surface area contributed by atoms with Gasteiger partial charge >= 0.3 is 0 Å². The molecule has 0 amide bonds. The Bertz CT molecular complexity index is 580. The molecule has 1 aromatic rings. The molecule has 0 radical (unpaired) electrons. The van der Waals surface area contributed by atoms with E-state index in [1.54, 1.807) is 7.11 Å². The first-order chi connectivity index (χ1) is 11.9. The highest BCUT2D eigenvalue weighted by molar-refractivity contribution is 5.33. The van der Waals surface area contributed by atoms with E-state index in [2.05, 4.69) is 35.7 Å². The summed E-state index contributed by atoms with van der Waals surface area (Å²) in [5.41, 5.74) is 2.90. The molecule has 1 aliphatic heterocycles. The van der Waals surface area contributed by atoms with Crippen molar-refractivity contribution in [3.8, 4) is 5.75 Å². The third-order valence-electron chi connectivity index (χ3n) is 6.23. The van der Waals surface area contributed by atoms with E-state index in [-0.39, 0.29) is 0 Å². The van der Waals surface area contributed by atoms with Crippen LogP contribution in [0.3, 0.4) is 0 Å². The zero-order valence-corrected chi connectivity index (χ0v) is 14.7. The van der Waals surface area contributed by atoms with E-state index in [0.29, 0.717) is 12.0 Å². The normalized spacial score (nSPS) is 32.5. The molecule has 0 unspecified atom stereocenters. The smallest absolute Gasteiger partial charge is 0.118 e. The Hall–Kier alpha value is -1.32. The van der Waals surface area contributed by atoms with Crippen LogP contribution in [0.5, 0.6) is 5.75 Å². The Balaban J connectivity index is 1.47. The van der Waals surface area contributed by atoms with Gasteiger partial charge in [0.05, 0.1) is 20.3 Å². The summed E-state index contributed by atoms with van der Waals surface area (Å²) in [7, 11) is 1.74. The van der Waals surface area contributed by atoms with Crippen LogP contribution >= 0.6 is 0 Å². The van der Waals surface area contributed by atoms with E-state index in [4.69, 9.17) is 9.47 Å². The molecule has 2 saturated carbocycles. The molecule has 2 fully saturated rings. The van der Waals surface area contributed by atoms with E-state index in [1.165, 1.54) is 36.8 Å². The van der Waals surface area contributed by atoms with Crippen LogP contribution in [0, 0.1) is 11.8 Å². The summed E-state index contributed by atoms with van der Waals surface area (Å²) in [5, 5.41) is 3.89. The topological polar surface area (TPSA) is 30.5 Å². The number of rotatable bonds is 5. The maximum absolute atomic E-state index is 5.59. The molecular formula is C21H29NO2. The first kappa shape index (κ1) is 16.2. The predicted molar refractivity (Wildman–Crippen MR) is 96.5 cm³/mol. The molecule has 4 rings (SSSR count). The molecule has 3 heteroatoms. The molecule has 0 spiro atoms. The highest BCUT2D eigenvalue weighted by Crippen LogP contribution is 2.54. The van der Waals surface area contributed by atoms with Crippen molar-refractivity contribution in [2.75, 3.05) is 26.9 Å².